The van der Waals surface area contributed by atoms with Crippen molar-refractivity contribution in [2.24, 2.45) is 0 Å². The Bertz CT molecular complexity index is 999. The van der Waals surface area contributed by atoms with Gasteiger partial charge in [-0.3, -0.25) is 19.3 Å². The molecule has 0 N–H and O–H groups in total. The lowest BCUT2D eigenvalue weighted by Crippen LogP contribution is -2.50. The molecule has 0 atom stereocenters. The Morgan fingerprint density at radius 1 is 0.303 bits per heavy atom. The van der Waals surface area contributed by atoms with Crippen LogP contribution in [0.1, 0.15) is 291 Å². The second-order valence-electron chi connectivity index (χ2n) is 20.6. The zero-order valence-electron chi connectivity index (χ0n) is 45.2. The van der Waals surface area contributed by atoms with Gasteiger partial charge in [0.05, 0.1) is 13.6 Å². The van der Waals surface area contributed by atoms with E-state index in [-0.39, 0.29) is 17.9 Å². The molecule has 0 fully saturated rings. The summed E-state index contributed by atoms with van der Waals surface area (Å²) in [5, 5.41) is 0. The minimum absolute atomic E-state index is 0.0548. The number of rotatable bonds is 54. The number of esters is 3. The molecule has 0 aliphatic rings. The smallest absolute Gasteiger partial charge is 0.305 e. The van der Waals surface area contributed by atoms with Crippen LogP contribution in [-0.4, -0.2) is 93.4 Å². The second-order valence-corrected chi connectivity index (χ2v) is 20.6. The average molecular weight is 937 g/mol. The van der Waals surface area contributed by atoms with E-state index >= 15 is 0 Å². The molecule has 0 spiro atoms. The van der Waals surface area contributed by atoms with E-state index in [0.29, 0.717) is 56.7 Å². The quantitative estimate of drug-likeness (QED) is 0.0260. The van der Waals surface area contributed by atoms with Gasteiger partial charge in [-0.1, -0.05) is 240 Å². The van der Waals surface area contributed by atoms with Crippen LogP contribution in [0.4, 0.5) is 0 Å². The van der Waals surface area contributed by atoms with Crippen LogP contribution in [-0.2, 0) is 28.6 Å². The molecule has 8 nitrogen and oxygen atoms in total. The molecule has 0 unspecified atom stereocenters. The summed E-state index contributed by atoms with van der Waals surface area (Å²) in [7, 11) is 2.23. The second kappa shape index (κ2) is 51.2. The summed E-state index contributed by atoms with van der Waals surface area (Å²) >= 11 is 0. The molecule has 0 saturated carbocycles. The highest BCUT2D eigenvalue weighted by Gasteiger charge is 2.23. The predicted octanol–water partition coefficient (Wildman–Crippen LogP) is 16.4. The SMILES string of the molecule is CCCCCCCCCCCCN(CCC[N+](C)(CCOC(=O)CCCCCCCCCCC)CCOC(=O)CCCCCCCCCCC)CCOC(=O)CCCCCCCCCCC. The number of unbranched alkanes of at least 4 members (excludes halogenated alkanes) is 33. The van der Waals surface area contributed by atoms with E-state index in [1.54, 1.807) is 0 Å². The number of hydrogen-bond acceptors (Lipinski definition) is 7. The van der Waals surface area contributed by atoms with Gasteiger partial charge < -0.3 is 18.7 Å². The average Bonchev–Trinajstić information content (AvgIpc) is 3.30. The minimum Gasteiger partial charge on any atom is -0.464 e. The van der Waals surface area contributed by atoms with E-state index in [1.165, 1.54) is 193 Å². The molecule has 0 amide bonds. The van der Waals surface area contributed by atoms with E-state index in [1.807, 2.05) is 0 Å². The Morgan fingerprint density at radius 3 is 0.879 bits per heavy atom. The summed E-state index contributed by atoms with van der Waals surface area (Å²) in [5.41, 5.74) is 0. The van der Waals surface area contributed by atoms with Crippen LogP contribution in [0.25, 0.3) is 0 Å². The van der Waals surface area contributed by atoms with Crippen molar-refractivity contribution >= 4 is 17.9 Å². The lowest BCUT2D eigenvalue weighted by atomic mass is 10.1. The first-order valence-corrected chi connectivity index (χ1v) is 29.3. The normalized spacial score (nSPS) is 11.7. The third kappa shape index (κ3) is 47.4. The van der Waals surface area contributed by atoms with Gasteiger partial charge >= 0.3 is 17.9 Å². The molecule has 8 heteroatoms. The summed E-state index contributed by atoms with van der Waals surface area (Å²) in [6.45, 7) is 15.3. The van der Waals surface area contributed by atoms with Crippen LogP contribution in [0.2, 0.25) is 0 Å². The van der Waals surface area contributed by atoms with Crippen molar-refractivity contribution in [2.45, 2.75) is 291 Å². The van der Waals surface area contributed by atoms with Gasteiger partial charge in [0.15, 0.2) is 0 Å². The number of hydrogen-bond donors (Lipinski definition) is 0. The van der Waals surface area contributed by atoms with E-state index in [4.69, 9.17) is 14.2 Å². The van der Waals surface area contributed by atoms with Gasteiger partial charge in [-0.15, -0.1) is 0 Å². The summed E-state index contributed by atoms with van der Waals surface area (Å²) in [6.07, 6.45) is 48.9. The highest BCUT2D eigenvalue weighted by Crippen LogP contribution is 2.16. The molecular formula is C58H115N2O6+. The molecule has 0 aliphatic heterocycles. The van der Waals surface area contributed by atoms with Crippen LogP contribution in [0.3, 0.4) is 0 Å². The van der Waals surface area contributed by atoms with Crippen molar-refractivity contribution in [2.75, 3.05) is 66.1 Å². The Kier molecular flexibility index (Phi) is 49.9. The van der Waals surface area contributed by atoms with Gasteiger partial charge in [0.2, 0.25) is 0 Å². The number of carbonyl (C=O) groups excluding carboxylic acids is 3. The molecule has 392 valence electrons. The monoisotopic (exact) mass is 936 g/mol. The molecule has 0 rings (SSSR count). The highest BCUT2D eigenvalue weighted by molar-refractivity contribution is 5.69. The molecule has 0 heterocycles. The third-order valence-corrected chi connectivity index (χ3v) is 13.9. The molecule has 0 saturated heterocycles. The van der Waals surface area contributed by atoms with Gasteiger partial charge in [0.1, 0.15) is 32.9 Å². The summed E-state index contributed by atoms with van der Waals surface area (Å²) in [4.78, 5) is 40.7. The van der Waals surface area contributed by atoms with Crippen LogP contribution < -0.4 is 0 Å². The molecule has 0 bridgehead atoms. The van der Waals surface area contributed by atoms with Crippen molar-refractivity contribution < 1.29 is 33.1 Å². The molecular weight excluding hydrogens is 821 g/mol. The Morgan fingerprint density at radius 2 is 0.561 bits per heavy atom. The van der Waals surface area contributed by atoms with Gasteiger partial charge in [0, 0.05) is 38.8 Å². The molecule has 0 aliphatic carbocycles. The fourth-order valence-electron chi connectivity index (χ4n) is 9.17. The zero-order chi connectivity index (χ0) is 48.3. The maximum absolute atomic E-state index is 12.8. The van der Waals surface area contributed by atoms with Gasteiger partial charge in [-0.05, 0) is 32.2 Å². The van der Waals surface area contributed by atoms with Crippen molar-refractivity contribution in [1.29, 1.82) is 0 Å². The predicted molar refractivity (Wildman–Crippen MR) is 282 cm³/mol. The lowest BCUT2D eigenvalue weighted by molar-refractivity contribution is -0.910. The Hall–Kier alpha value is -1.67. The first-order valence-electron chi connectivity index (χ1n) is 29.3. The van der Waals surface area contributed by atoms with Crippen molar-refractivity contribution in [3.63, 3.8) is 0 Å². The van der Waals surface area contributed by atoms with Crippen molar-refractivity contribution in [3.05, 3.63) is 0 Å². The van der Waals surface area contributed by atoms with Crippen LogP contribution >= 0.6 is 0 Å². The van der Waals surface area contributed by atoms with E-state index in [9.17, 15) is 14.4 Å². The number of nitrogens with zero attached hydrogens (tertiary/aromatic N) is 2. The van der Waals surface area contributed by atoms with Crippen LogP contribution in [0, 0.1) is 0 Å². The topological polar surface area (TPSA) is 82.1 Å². The Labute approximate surface area is 411 Å². The van der Waals surface area contributed by atoms with E-state index in [2.05, 4.69) is 39.6 Å². The number of likely N-dealkylation sites (N-methyl/N-ethyl adjacent to an activating group) is 1. The van der Waals surface area contributed by atoms with E-state index in [0.717, 1.165) is 77.5 Å². The van der Waals surface area contributed by atoms with Crippen LogP contribution in [0.15, 0.2) is 0 Å². The fraction of sp³-hybridized carbons (Fsp3) is 0.948. The maximum atomic E-state index is 12.8. The molecule has 0 radical (unpaired) electrons. The highest BCUT2D eigenvalue weighted by atomic mass is 16.5. The minimum atomic E-state index is -0.0908. The number of carbonyl (C=O) groups is 3. The van der Waals surface area contributed by atoms with Gasteiger partial charge in [-0.2, -0.15) is 0 Å². The number of ether oxygens (including phenoxy) is 3. The maximum Gasteiger partial charge on any atom is 0.305 e. The summed E-state index contributed by atoms with van der Waals surface area (Å²) in [6, 6.07) is 0. The summed E-state index contributed by atoms with van der Waals surface area (Å²) < 4.78 is 18.1. The fourth-order valence-corrected chi connectivity index (χ4v) is 9.17. The first kappa shape index (κ1) is 64.3. The van der Waals surface area contributed by atoms with Gasteiger partial charge in [0.25, 0.3) is 0 Å². The van der Waals surface area contributed by atoms with Crippen molar-refractivity contribution in [3.8, 4) is 0 Å². The number of quaternary nitrogens is 1. The first-order chi connectivity index (χ1) is 32.3. The molecule has 0 aromatic heterocycles. The molecule has 0 aromatic rings. The van der Waals surface area contributed by atoms with Gasteiger partial charge in [-0.25, -0.2) is 0 Å². The molecule has 66 heavy (non-hydrogen) atoms. The Balaban J connectivity index is 5.13. The van der Waals surface area contributed by atoms with Crippen LogP contribution in [0.5, 0.6) is 0 Å². The largest absolute Gasteiger partial charge is 0.464 e. The lowest BCUT2D eigenvalue weighted by Gasteiger charge is -2.35. The molecule has 0 aromatic carbocycles. The standard InChI is InChI=1S/C58H115N2O6/c1-6-10-14-18-22-26-30-34-38-42-47-59(49-53-64-56(61)44-39-35-31-27-23-19-15-11-7-2)48-43-50-60(5,51-54-65-57(62)45-40-36-32-28-24-20-16-12-8-3)52-55-66-58(63)46-41-37-33-29-25-21-17-13-9-4/h6-55H2,1-5H3/q+1. The van der Waals surface area contributed by atoms with Crippen molar-refractivity contribution in [1.82, 2.24) is 4.90 Å². The van der Waals surface area contributed by atoms with E-state index < -0.39 is 0 Å². The third-order valence-electron chi connectivity index (χ3n) is 13.9. The summed E-state index contributed by atoms with van der Waals surface area (Å²) in [5.74, 6) is -0.236. The zero-order valence-corrected chi connectivity index (χ0v) is 45.2.